The Morgan fingerprint density at radius 3 is 1.98 bits per heavy atom. The van der Waals surface area contributed by atoms with E-state index in [2.05, 4.69) is 60.7 Å². The molecule has 7 rings (SSSR count). The molecule has 60 heavy (non-hydrogen) atoms. The SMILES string of the molecule is CC(C)(C)n1sc(-c2ccccc2)c(NCCc2ccccc2)c1=O.CC(C)N1C(=O)C(NC2CCN(c3ncc(C(F)(F)F)cc3Cl)CC2)=C(c2ccccc2)S1(=O)=O. The number of halogens is 4. The highest BCUT2D eigenvalue weighted by Crippen LogP contribution is 2.38. The molecule has 0 bridgehead atoms. The maximum Gasteiger partial charge on any atom is 0.417 e. The number of pyridine rings is 1. The summed E-state index contributed by atoms with van der Waals surface area (Å²) in [5.41, 5.74) is 2.42. The Morgan fingerprint density at radius 1 is 0.883 bits per heavy atom. The third-order valence-electron chi connectivity index (χ3n) is 9.97. The second kappa shape index (κ2) is 18.2. The lowest BCUT2D eigenvalue weighted by Crippen LogP contribution is -2.45. The fourth-order valence-electron chi connectivity index (χ4n) is 7.06. The molecule has 2 aromatic heterocycles. The van der Waals surface area contributed by atoms with Gasteiger partial charge in [-0.15, -0.1) is 0 Å². The third kappa shape index (κ3) is 9.90. The van der Waals surface area contributed by atoms with Crippen molar-refractivity contribution < 1.29 is 26.4 Å². The van der Waals surface area contributed by atoms with Crippen LogP contribution in [0.15, 0.2) is 114 Å². The molecule has 0 atom stereocenters. The van der Waals surface area contributed by atoms with E-state index in [9.17, 15) is 31.2 Å². The average Bonchev–Trinajstić information content (AvgIpc) is 3.64. The molecule has 1 fully saturated rings. The molecule has 0 radical (unpaired) electrons. The Kier molecular flexibility index (Phi) is 13.5. The summed E-state index contributed by atoms with van der Waals surface area (Å²) < 4.78 is 68.0. The van der Waals surface area contributed by atoms with Gasteiger partial charge >= 0.3 is 6.18 Å². The molecule has 16 heteroatoms. The van der Waals surface area contributed by atoms with Crippen molar-refractivity contribution in [1.29, 1.82) is 0 Å². The first kappa shape index (κ1) is 44.4. The van der Waals surface area contributed by atoms with E-state index in [4.69, 9.17) is 11.6 Å². The van der Waals surface area contributed by atoms with Gasteiger partial charge in [0, 0.05) is 37.9 Å². The lowest BCUT2D eigenvalue weighted by atomic mass is 10.0. The van der Waals surface area contributed by atoms with Crippen molar-refractivity contribution in [3.8, 4) is 10.4 Å². The first-order valence-electron chi connectivity index (χ1n) is 19.6. The van der Waals surface area contributed by atoms with E-state index < -0.39 is 33.7 Å². The molecule has 2 aliphatic heterocycles. The third-order valence-corrected chi connectivity index (χ3v) is 13.8. The van der Waals surface area contributed by atoms with Gasteiger partial charge in [-0.25, -0.2) is 17.7 Å². The van der Waals surface area contributed by atoms with Crippen molar-refractivity contribution in [3.63, 3.8) is 0 Å². The van der Waals surface area contributed by atoms with Gasteiger partial charge in [0.2, 0.25) is 0 Å². The van der Waals surface area contributed by atoms with Gasteiger partial charge < -0.3 is 15.5 Å². The van der Waals surface area contributed by atoms with Crippen LogP contribution in [-0.4, -0.2) is 59.3 Å². The monoisotopic (exact) mass is 880 g/mol. The predicted octanol–water partition coefficient (Wildman–Crippen LogP) is 9.25. The highest BCUT2D eigenvalue weighted by molar-refractivity contribution is 7.99. The highest BCUT2D eigenvalue weighted by atomic mass is 35.5. The number of carbonyl (C=O) groups excluding carboxylic acids is 1. The number of aromatic nitrogens is 2. The molecule has 1 saturated heterocycles. The smallest absolute Gasteiger partial charge is 0.379 e. The summed E-state index contributed by atoms with van der Waals surface area (Å²) in [4.78, 5) is 32.8. The summed E-state index contributed by atoms with van der Waals surface area (Å²) in [5.74, 6) is -0.346. The standard InChI is InChI=1S/C23H24ClF3N4O3S.C21H24N2OS/c1-14(2)31-22(32)19(20(35(31,33)34)15-6-4-3-5-7-15)29-17-8-10-30(11-9-17)21-18(24)12-16(13-28-21)23(25,26)27;1-21(2,3)23-20(24)18(19(25-23)17-12-8-5-9-13-17)22-15-14-16-10-6-4-7-11-16/h3-7,12-14,17,29H,8-11H2,1-2H3;4-13,22H,14-15H2,1-3H3. The number of rotatable bonds is 10. The van der Waals surface area contributed by atoms with E-state index in [0.29, 0.717) is 37.2 Å². The molecule has 2 aliphatic rings. The molecule has 10 nitrogen and oxygen atoms in total. The van der Waals surface area contributed by atoms with Crippen LogP contribution in [0.1, 0.15) is 64.2 Å². The van der Waals surface area contributed by atoms with E-state index in [-0.39, 0.29) is 38.6 Å². The minimum Gasteiger partial charge on any atom is -0.379 e. The number of carbonyl (C=O) groups is 1. The van der Waals surface area contributed by atoms with Crippen LogP contribution in [0, 0.1) is 0 Å². The summed E-state index contributed by atoms with van der Waals surface area (Å²) in [7, 11) is -4.03. The Labute approximate surface area is 357 Å². The first-order chi connectivity index (χ1) is 28.4. The van der Waals surface area contributed by atoms with Gasteiger partial charge in [0.15, 0.2) is 0 Å². The Morgan fingerprint density at radius 2 is 1.45 bits per heavy atom. The zero-order valence-corrected chi connectivity index (χ0v) is 36.4. The number of piperidine rings is 1. The van der Waals surface area contributed by atoms with Crippen LogP contribution in [-0.2, 0) is 33.0 Å². The molecule has 0 aliphatic carbocycles. The van der Waals surface area contributed by atoms with Crippen molar-refractivity contribution in [2.24, 2.45) is 0 Å². The van der Waals surface area contributed by atoms with Crippen molar-refractivity contribution in [1.82, 2.24) is 18.6 Å². The number of amides is 1. The van der Waals surface area contributed by atoms with Gasteiger partial charge in [0.1, 0.15) is 22.1 Å². The Hall–Kier alpha value is -5.12. The van der Waals surface area contributed by atoms with E-state index in [0.717, 1.165) is 40.0 Å². The summed E-state index contributed by atoms with van der Waals surface area (Å²) >= 11 is 7.62. The molecule has 0 unspecified atom stereocenters. The summed E-state index contributed by atoms with van der Waals surface area (Å²) in [6.45, 7) is 11.0. The average molecular weight is 881 g/mol. The van der Waals surface area contributed by atoms with Crippen LogP contribution in [0.2, 0.25) is 5.02 Å². The number of anilines is 2. The maximum absolute atomic E-state index is 13.3. The van der Waals surface area contributed by atoms with Gasteiger partial charge in [0.05, 0.1) is 21.0 Å². The van der Waals surface area contributed by atoms with E-state index in [1.54, 1.807) is 49.1 Å². The number of benzene rings is 3. The second-order valence-corrected chi connectivity index (χ2v) is 18.9. The molecule has 318 valence electrons. The van der Waals surface area contributed by atoms with Crippen molar-refractivity contribution in [2.75, 3.05) is 29.9 Å². The molecule has 5 aromatic rings. The van der Waals surface area contributed by atoms with Gasteiger partial charge in [-0.3, -0.25) is 13.5 Å². The zero-order chi connectivity index (χ0) is 43.4. The van der Waals surface area contributed by atoms with Crippen LogP contribution in [0.25, 0.3) is 15.3 Å². The van der Waals surface area contributed by atoms with Crippen LogP contribution >= 0.6 is 23.1 Å². The fourth-order valence-corrected chi connectivity index (χ4v) is 10.4. The normalized spacial score (nSPS) is 15.9. The van der Waals surface area contributed by atoms with Gasteiger partial charge in [-0.05, 0) is 76.6 Å². The van der Waals surface area contributed by atoms with E-state index in [1.165, 1.54) is 17.1 Å². The van der Waals surface area contributed by atoms with Crippen molar-refractivity contribution in [2.45, 2.75) is 77.7 Å². The van der Waals surface area contributed by atoms with Gasteiger partial charge in [-0.1, -0.05) is 114 Å². The molecule has 2 N–H and O–H groups in total. The summed E-state index contributed by atoms with van der Waals surface area (Å²) in [5, 5.41) is 6.46. The minimum atomic E-state index is -4.53. The lowest BCUT2D eigenvalue weighted by molar-refractivity contribution is -0.137. The fraction of sp³-hybridized carbons (Fsp3) is 0.341. The van der Waals surface area contributed by atoms with Crippen LogP contribution in [0.3, 0.4) is 0 Å². The number of hydrogen-bond acceptors (Lipinski definition) is 9. The molecule has 1 amide bonds. The molecular weight excluding hydrogens is 833 g/mol. The topological polar surface area (TPSA) is 117 Å². The molecule has 0 spiro atoms. The van der Waals surface area contributed by atoms with Gasteiger partial charge in [-0.2, -0.15) is 13.2 Å². The minimum absolute atomic E-state index is 0.0361. The Balaban J connectivity index is 0.000000213. The zero-order valence-electron chi connectivity index (χ0n) is 34.0. The number of alkyl halides is 3. The van der Waals surface area contributed by atoms with Crippen molar-refractivity contribution >= 4 is 55.5 Å². The highest BCUT2D eigenvalue weighted by Gasteiger charge is 2.46. The largest absolute Gasteiger partial charge is 0.417 e. The van der Waals surface area contributed by atoms with Gasteiger partial charge in [0.25, 0.3) is 21.5 Å². The summed E-state index contributed by atoms with van der Waals surface area (Å²) in [6.07, 6.45) is -1.89. The van der Waals surface area contributed by atoms with Crippen LogP contribution in [0.4, 0.5) is 24.7 Å². The van der Waals surface area contributed by atoms with E-state index in [1.807, 2.05) is 40.4 Å². The predicted molar refractivity (Wildman–Crippen MR) is 235 cm³/mol. The lowest BCUT2D eigenvalue weighted by Gasteiger charge is -2.34. The summed E-state index contributed by atoms with van der Waals surface area (Å²) in [6, 6.07) is 29.0. The molecule has 0 saturated carbocycles. The van der Waals surface area contributed by atoms with Crippen LogP contribution < -0.4 is 21.1 Å². The quantitative estimate of drug-likeness (QED) is 0.143. The van der Waals surface area contributed by atoms with Crippen LogP contribution in [0.5, 0.6) is 0 Å². The maximum atomic E-state index is 13.3. The number of nitrogens with zero attached hydrogens (tertiary/aromatic N) is 4. The number of nitrogens with one attached hydrogen (secondary N) is 2. The molecule has 3 aromatic carbocycles. The number of sulfonamides is 1. The second-order valence-electron chi connectivity index (χ2n) is 15.8. The molecular formula is C44H48ClF3N6O4S2. The first-order valence-corrected chi connectivity index (χ1v) is 22.2. The molecule has 4 heterocycles. The van der Waals surface area contributed by atoms with Crippen molar-refractivity contribution in [3.05, 3.63) is 141 Å². The van der Waals surface area contributed by atoms with E-state index >= 15 is 0 Å². The Bertz CT molecular complexity index is 2480. The number of hydrogen-bond donors (Lipinski definition) is 2.